The van der Waals surface area contributed by atoms with Crippen molar-refractivity contribution in [2.45, 2.75) is 40.5 Å². The third-order valence-electron chi connectivity index (χ3n) is 2.71. The molecule has 0 aliphatic heterocycles. The first kappa shape index (κ1) is 20.7. The van der Waals surface area contributed by atoms with Crippen LogP contribution in [0.1, 0.15) is 46.1 Å². The minimum Gasteiger partial charge on any atom is -0.460 e. The van der Waals surface area contributed by atoms with Gasteiger partial charge in [-0.05, 0) is 30.5 Å². The summed E-state index contributed by atoms with van der Waals surface area (Å²) in [5, 5.41) is 2.49. The Balaban J connectivity index is 0.00000232. The van der Waals surface area contributed by atoms with Crippen LogP contribution in [-0.2, 0) is 9.53 Å². The Kier molecular flexibility index (Phi) is 10.2. The molecule has 0 radical (unpaired) electrons. The third-order valence-corrected chi connectivity index (χ3v) is 2.71. The van der Waals surface area contributed by atoms with Crippen LogP contribution in [0.25, 0.3) is 0 Å². The van der Waals surface area contributed by atoms with Crippen LogP contribution >= 0.6 is 0 Å². The van der Waals surface area contributed by atoms with Gasteiger partial charge in [-0.1, -0.05) is 46.4 Å². The summed E-state index contributed by atoms with van der Waals surface area (Å²) in [7, 11) is 0. The van der Waals surface area contributed by atoms with Crippen molar-refractivity contribution in [1.82, 2.24) is 5.32 Å². The van der Waals surface area contributed by atoms with Gasteiger partial charge >= 0.3 is 12.1 Å². The molecule has 0 aliphatic rings. The summed E-state index contributed by atoms with van der Waals surface area (Å²) in [4.78, 5) is 22.6. The molecule has 0 saturated heterocycles. The van der Waals surface area contributed by atoms with Crippen molar-refractivity contribution in [3.05, 3.63) is 42.0 Å². The highest BCUT2D eigenvalue weighted by molar-refractivity contribution is 5.86. The number of carbonyl (C=O) groups is 2. The van der Waals surface area contributed by atoms with Crippen LogP contribution in [-0.4, -0.2) is 25.2 Å². The molecule has 0 aliphatic carbocycles. The molecule has 1 rings (SSSR count). The van der Waals surface area contributed by atoms with E-state index in [0.29, 0.717) is 17.2 Å². The molecule has 0 heterocycles. The second-order valence-corrected chi connectivity index (χ2v) is 4.96. The normalized spacial score (nSPS) is 9.48. The number of hydrogen-bond donors (Lipinski definition) is 1. The molecule has 1 aromatic rings. The summed E-state index contributed by atoms with van der Waals surface area (Å²) >= 11 is 0. The van der Waals surface area contributed by atoms with Gasteiger partial charge < -0.3 is 14.8 Å². The van der Waals surface area contributed by atoms with E-state index in [9.17, 15) is 9.59 Å². The van der Waals surface area contributed by atoms with Gasteiger partial charge in [-0.2, -0.15) is 0 Å². The summed E-state index contributed by atoms with van der Waals surface area (Å²) in [6.45, 7) is 13.5. The van der Waals surface area contributed by atoms with E-state index in [1.54, 1.807) is 19.1 Å². The molecule has 0 fully saturated rings. The highest BCUT2D eigenvalue weighted by atomic mass is 16.6. The number of rotatable bonds is 6. The molecular weight excluding hydrogens is 294 g/mol. The maximum Gasteiger partial charge on any atom is 0.412 e. The maximum atomic E-state index is 11.5. The van der Waals surface area contributed by atoms with Gasteiger partial charge in [0, 0.05) is 5.57 Å². The standard InChI is InChI=1S/C16H21NO4.C2H6/c1-11(2)13-5-7-14(8-6-13)21-16(19)17-9-10-20-15(18)12(3)4;1-2/h5-8,11H,3,9-10H2,1-2,4H3,(H,17,19);1-2H3. The summed E-state index contributed by atoms with van der Waals surface area (Å²) in [5.41, 5.74) is 1.50. The fourth-order valence-electron chi connectivity index (χ4n) is 1.48. The van der Waals surface area contributed by atoms with Gasteiger partial charge in [-0.25, -0.2) is 9.59 Å². The summed E-state index contributed by atoms with van der Waals surface area (Å²) < 4.78 is 9.93. The first-order chi connectivity index (χ1) is 10.9. The Hall–Kier alpha value is -2.30. The molecule has 5 heteroatoms. The molecule has 0 spiro atoms. The number of nitrogens with one attached hydrogen (secondary N) is 1. The number of hydrogen-bond acceptors (Lipinski definition) is 4. The number of amides is 1. The average Bonchev–Trinajstić information content (AvgIpc) is 2.53. The fourth-order valence-corrected chi connectivity index (χ4v) is 1.48. The van der Waals surface area contributed by atoms with E-state index in [1.807, 2.05) is 26.0 Å². The molecule has 0 unspecified atom stereocenters. The summed E-state index contributed by atoms with van der Waals surface area (Å²) in [6, 6.07) is 7.33. The largest absolute Gasteiger partial charge is 0.460 e. The molecular formula is C18H27NO4. The second kappa shape index (κ2) is 11.3. The molecule has 0 atom stereocenters. The number of esters is 1. The van der Waals surface area contributed by atoms with E-state index in [1.165, 1.54) is 5.56 Å². The van der Waals surface area contributed by atoms with E-state index in [0.717, 1.165) is 0 Å². The molecule has 1 N–H and O–H groups in total. The quantitative estimate of drug-likeness (QED) is 0.488. The zero-order chi connectivity index (χ0) is 17.8. The number of benzene rings is 1. The Labute approximate surface area is 138 Å². The molecule has 5 nitrogen and oxygen atoms in total. The Bertz CT molecular complexity index is 506. The van der Waals surface area contributed by atoms with Crippen LogP contribution < -0.4 is 10.1 Å². The van der Waals surface area contributed by atoms with E-state index >= 15 is 0 Å². The lowest BCUT2D eigenvalue weighted by Crippen LogP contribution is -2.30. The van der Waals surface area contributed by atoms with Crippen LogP contribution in [0.2, 0.25) is 0 Å². The third kappa shape index (κ3) is 8.66. The van der Waals surface area contributed by atoms with Gasteiger partial charge in [0.05, 0.1) is 6.54 Å². The van der Waals surface area contributed by atoms with Crippen LogP contribution in [0.4, 0.5) is 4.79 Å². The highest BCUT2D eigenvalue weighted by Gasteiger charge is 2.06. The predicted molar refractivity (Wildman–Crippen MR) is 91.7 cm³/mol. The smallest absolute Gasteiger partial charge is 0.412 e. The zero-order valence-corrected chi connectivity index (χ0v) is 14.6. The van der Waals surface area contributed by atoms with Crippen LogP contribution in [0.15, 0.2) is 36.4 Å². The van der Waals surface area contributed by atoms with Gasteiger partial charge in [0.25, 0.3) is 0 Å². The molecule has 0 aromatic heterocycles. The average molecular weight is 321 g/mol. The van der Waals surface area contributed by atoms with Crippen LogP contribution in [0.3, 0.4) is 0 Å². The van der Waals surface area contributed by atoms with E-state index in [-0.39, 0.29) is 13.2 Å². The first-order valence-corrected chi connectivity index (χ1v) is 7.78. The van der Waals surface area contributed by atoms with Gasteiger partial charge in [-0.15, -0.1) is 0 Å². The van der Waals surface area contributed by atoms with Crippen molar-refractivity contribution in [3.8, 4) is 5.75 Å². The monoisotopic (exact) mass is 321 g/mol. The molecule has 23 heavy (non-hydrogen) atoms. The molecule has 0 bridgehead atoms. The molecule has 128 valence electrons. The minimum atomic E-state index is -0.585. The van der Waals surface area contributed by atoms with Crippen LogP contribution in [0, 0.1) is 0 Å². The maximum absolute atomic E-state index is 11.5. The van der Waals surface area contributed by atoms with Gasteiger partial charge in [0.1, 0.15) is 12.4 Å². The van der Waals surface area contributed by atoms with Crippen molar-refractivity contribution in [2.24, 2.45) is 0 Å². The molecule has 0 saturated carbocycles. The van der Waals surface area contributed by atoms with Crippen molar-refractivity contribution < 1.29 is 19.1 Å². The number of carbonyl (C=O) groups excluding carboxylic acids is 2. The Morgan fingerprint density at radius 3 is 2.22 bits per heavy atom. The second-order valence-electron chi connectivity index (χ2n) is 4.96. The lowest BCUT2D eigenvalue weighted by atomic mass is 10.0. The fraction of sp³-hybridized carbons (Fsp3) is 0.444. The molecule has 1 amide bonds. The lowest BCUT2D eigenvalue weighted by Gasteiger charge is -2.09. The molecule has 1 aromatic carbocycles. The predicted octanol–water partition coefficient (Wildman–Crippen LogP) is 4.04. The van der Waals surface area contributed by atoms with Crippen molar-refractivity contribution >= 4 is 12.1 Å². The zero-order valence-electron chi connectivity index (χ0n) is 14.6. The minimum absolute atomic E-state index is 0.0765. The van der Waals surface area contributed by atoms with E-state index < -0.39 is 12.1 Å². The van der Waals surface area contributed by atoms with Crippen molar-refractivity contribution in [1.29, 1.82) is 0 Å². The first-order valence-electron chi connectivity index (χ1n) is 7.78. The summed E-state index contributed by atoms with van der Waals surface area (Å²) in [5.74, 6) is 0.418. The van der Waals surface area contributed by atoms with E-state index in [4.69, 9.17) is 9.47 Å². The Morgan fingerprint density at radius 2 is 1.74 bits per heavy atom. The summed E-state index contributed by atoms with van der Waals surface area (Å²) in [6.07, 6.45) is -0.585. The number of ether oxygens (including phenoxy) is 2. The van der Waals surface area contributed by atoms with E-state index in [2.05, 4.69) is 25.7 Å². The van der Waals surface area contributed by atoms with Gasteiger partial charge in [0.15, 0.2) is 0 Å². The van der Waals surface area contributed by atoms with Gasteiger partial charge in [-0.3, -0.25) is 0 Å². The van der Waals surface area contributed by atoms with Crippen LogP contribution in [0.5, 0.6) is 5.75 Å². The SMILES string of the molecule is C=C(C)C(=O)OCCNC(=O)Oc1ccc(C(C)C)cc1.CC. The Morgan fingerprint density at radius 1 is 1.17 bits per heavy atom. The van der Waals surface area contributed by atoms with Gasteiger partial charge in [0.2, 0.25) is 0 Å². The lowest BCUT2D eigenvalue weighted by molar-refractivity contribution is -0.138. The van der Waals surface area contributed by atoms with Crippen molar-refractivity contribution in [3.63, 3.8) is 0 Å². The van der Waals surface area contributed by atoms with Crippen molar-refractivity contribution in [2.75, 3.05) is 13.2 Å². The topological polar surface area (TPSA) is 64.6 Å². The highest BCUT2D eigenvalue weighted by Crippen LogP contribution is 2.18.